The summed E-state index contributed by atoms with van der Waals surface area (Å²) in [6.45, 7) is 5.05. The quantitative estimate of drug-likeness (QED) is 0.0728. The predicted octanol–water partition coefficient (Wildman–Crippen LogP) is -0.644. The number of aliphatic hydroxyl groups excluding tert-OH is 4. The Morgan fingerprint density at radius 1 is 1.10 bits per heavy atom. The van der Waals surface area contributed by atoms with Gasteiger partial charge in [-0.25, -0.2) is 0 Å². The number of nitrogens with zero attached hydrogens (tertiary/aromatic N) is 2. The van der Waals surface area contributed by atoms with Gasteiger partial charge in [-0.05, 0) is 55.9 Å². The van der Waals surface area contributed by atoms with Crippen LogP contribution in [0, 0.1) is 17.2 Å². The van der Waals surface area contributed by atoms with Gasteiger partial charge in [0.25, 0.3) is 0 Å². The molecule has 9 N–H and O–H groups in total. The maximum atomic E-state index is 14.6. The van der Waals surface area contributed by atoms with E-state index in [1.165, 1.54) is 0 Å². The lowest BCUT2D eigenvalue weighted by molar-refractivity contribution is -0.285. The minimum atomic E-state index is -1.46. The van der Waals surface area contributed by atoms with Crippen molar-refractivity contribution >= 4 is 23.7 Å². The maximum Gasteiger partial charge on any atom is 0.249 e. The Balaban J connectivity index is 1.32. The zero-order chi connectivity index (χ0) is 36.8. The lowest BCUT2D eigenvalue weighted by Crippen LogP contribution is -2.58. The molecule has 1 unspecified atom stereocenters. The molecule has 4 aliphatic rings. The molecule has 0 aromatic heterocycles. The Bertz CT molecular complexity index is 1410. The van der Waals surface area contributed by atoms with E-state index in [-0.39, 0.29) is 43.2 Å². The summed E-state index contributed by atoms with van der Waals surface area (Å²) in [6, 6.07) is 6.86. The van der Waals surface area contributed by atoms with Gasteiger partial charge >= 0.3 is 0 Å². The minimum absolute atomic E-state index is 0.000369. The average Bonchev–Trinajstić information content (AvgIpc) is 3.73. The van der Waals surface area contributed by atoms with Gasteiger partial charge in [-0.1, -0.05) is 55.8 Å². The van der Waals surface area contributed by atoms with Crippen LogP contribution in [0.25, 0.3) is 0 Å². The molecule has 1 aromatic rings. The number of hydrogen-bond acceptors (Lipinski definition) is 10. The SMILES string of the molecule is CC(C)C[C@@H](NC(=O)[C@H](O)Cc1ccccc1)C(=O)N1[C@H](C(=O)NCCC2=CCN(C(=N)N)C2)C[C@@H]2CC[C@@H](OC3OC[C@@H](O)[C@H](O)[C@H]3O)C[C@@H]21. The fourth-order valence-corrected chi connectivity index (χ4v) is 7.69. The molecular weight excluding hydrogens is 660 g/mol. The summed E-state index contributed by atoms with van der Waals surface area (Å²) in [5, 5.41) is 54.8. The number of carbonyl (C=O) groups excluding carboxylic acids is 3. The number of likely N-dealkylation sites (tertiary alicyclic amines) is 1. The molecule has 1 aromatic carbocycles. The number of benzene rings is 1. The molecule has 15 heteroatoms. The van der Waals surface area contributed by atoms with E-state index in [9.17, 15) is 34.8 Å². The Hall–Kier alpha value is -3.60. The van der Waals surface area contributed by atoms with Crippen LogP contribution in [0.5, 0.6) is 0 Å². The molecule has 282 valence electrons. The number of nitrogens with one attached hydrogen (secondary N) is 3. The van der Waals surface area contributed by atoms with Crippen LogP contribution in [0.4, 0.5) is 0 Å². The van der Waals surface area contributed by atoms with Crippen molar-refractivity contribution in [1.82, 2.24) is 20.4 Å². The summed E-state index contributed by atoms with van der Waals surface area (Å²) in [5.41, 5.74) is 7.44. The second kappa shape index (κ2) is 17.3. The van der Waals surface area contributed by atoms with E-state index in [2.05, 4.69) is 10.6 Å². The van der Waals surface area contributed by atoms with Crippen LogP contribution in [0.1, 0.15) is 57.9 Å². The summed E-state index contributed by atoms with van der Waals surface area (Å²) in [7, 11) is 0. The number of hydrogen-bond donors (Lipinski definition) is 8. The molecule has 10 atom stereocenters. The van der Waals surface area contributed by atoms with Crippen molar-refractivity contribution in [3.63, 3.8) is 0 Å². The van der Waals surface area contributed by atoms with Crippen molar-refractivity contribution in [1.29, 1.82) is 5.41 Å². The van der Waals surface area contributed by atoms with Gasteiger partial charge in [0.1, 0.15) is 36.5 Å². The highest BCUT2D eigenvalue weighted by Gasteiger charge is 2.51. The molecule has 0 spiro atoms. The van der Waals surface area contributed by atoms with E-state index in [0.717, 1.165) is 11.1 Å². The van der Waals surface area contributed by atoms with Crippen LogP contribution in [-0.2, 0) is 30.3 Å². The maximum absolute atomic E-state index is 14.6. The normalized spacial score (nSPS) is 30.4. The second-order valence-corrected chi connectivity index (χ2v) is 14.7. The molecule has 3 heterocycles. The summed E-state index contributed by atoms with van der Waals surface area (Å²) in [6.07, 6.45) is -2.29. The van der Waals surface area contributed by atoms with Gasteiger partial charge in [0.15, 0.2) is 12.2 Å². The molecule has 5 rings (SSSR count). The zero-order valence-corrected chi connectivity index (χ0v) is 29.4. The molecule has 0 bridgehead atoms. The van der Waals surface area contributed by atoms with E-state index in [1.54, 1.807) is 9.80 Å². The summed E-state index contributed by atoms with van der Waals surface area (Å²) in [5.74, 6) is -1.44. The molecule has 3 fully saturated rings. The molecule has 1 saturated carbocycles. The number of guanidine groups is 1. The van der Waals surface area contributed by atoms with Crippen molar-refractivity contribution in [3.8, 4) is 0 Å². The summed E-state index contributed by atoms with van der Waals surface area (Å²) in [4.78, 5) is 45.1. The van der Waals surface area contributed by atoms with Crippen LogP contribution in [0.3, 0.4) is 0 Å². The Morgan fingerprint density at radius 3 is 2.53 bits per heavy atom. The number of ether oxygens (including phenoxy) is 2. The van der Waals surface area contributed by atoms with Crippen molar-refractivity contribution in [2.75, 3.05) is 26.2 Å². The Labute approximate surface area is 298 Å². The van der Waals surface area contributed by atoms with Gasteiger partial charge in [-0.3, -0.25) is 19.8 Å². The smallest absolute Gasteiger partial charge is 0.249 e. The minimum Gasteiger partial charge on any atom is -0.388 e. The fourth-order valence-electron chi connectivity index (χ4n) is 7.69. The van der Waals surface area contributed by atoms with Crippen LogP contribution < -0.4 is 16.4 Å². The molecular formula is C36H54N6O9. The van der Waals surface area contributed by atoms with Gasteiger partial charge in [0.2, 0.25) is 17.7 Å². The molecule has 1 aliphatic carbocycles. The van der Waals surface area contributed by atoms with Gasteiger partial charge < -0.3 is 56.1 Å². The molecule has 15 nitrogen and oxygen atoms in total. The van der Waals surface area contributed by atoms with Crippen molar-refractivity contribution in [3.05, 3.63) is 47.5 Å². The van der Waals surface area contributed by atoms with E-state index in [0.29, 0.717) is 51.7 Å². The summed E-state index contributed by atoms with van der Waals surface area (Å²) < 4.78 is 11.6. The Kier molecular flexibility index (Phi) is 13.1. The molecule has 51 heavy (non-hydrogen) atoms. The average molecular weight is 715 g/mol. The van der Waals surface area contributed by atoms with Crippen LogP contribution >= 0.6 is 0 Å². The number of nitrogens with two attached hydrogens (primary N) is 1. The van der Waals surface area contributed by atoms with Gasteiger partial charge in [0.05, 0.1) is 12.7 Å². The van der Waals surface area contributed by atoms with Crippen LogP contribution in [-0.4, -0.2) is 135 Å². The third kappa shape index (κ3) is 9.64. The number of fused-ring (bicyclic) bond motifs is 1. The van der Waals surface area contributed by atoms with E-state index < -0.39 is 66.7 Å². The fraction of sp³-hybridized carbons (Fsp3) is 0.667. The zero-order valence-electron chi connectivity index (χ0n) is 29.4. The molecule has 3 amide bonds. The van der Waals surface area contributed by atoms with Crippen molar-refractivity contribution in [2.24, 2.45) is 17.6 Å². The molecule has 0 radical (unpaired) electrons. The van der Waals surface area contributed by atoms with Crippen LogP contribution in [0.2, 0.25) is 0 Å². The largest absolute Gasteiger partial charge is 0.388 e. The Morgan fingerprint density at radius 2 is 1.84 bits per heavy atom. The number of rotatable bonds is 13. The molecule has 2 saturated heterocycles. The highest BCUT2D eigenvalue weighted by atomic mass is 16.7. The van der Waals surface area contributed by atoms with Crippen LogP contribution in [0.15, 0.2) is 42.0 Å². The predicted molar refractivity (Wildman–Crippen MR) is 186 cm³/mol. The summed E-state index contributed by atoms with van der Waals surface area (Å²) >= 11 is 0. The second-order valence-electron chi connectivity index (χ2n) is 14.7. The first-order valence-electron chi connectivity index (χ1n) is 18.0. The van der Waals surface area contributed by atoms with Gasteiger partial charge in [0, 0.05) is 32.1 Å². The lowest BCUT2D eigenvalue weighted by atomic mass is 9.82. The van der Waals surface area contributed by atoms with E-state index in [4.69, 9.17) is 20.6 Å². The molecule has 3 aliphatic heterocycles. The van der Waals surface area contributed by atoms with Gasteiger partial charge in [-0.15, -0.1) is 0 Å². The first-order chi connectivity index (χ1) is 24.3. The first-order valence-corrected chi connectivity index (χ1v) is 18.0. The lowest BCUT2D eigenvalue weighted by Gasteiger charge is -2.41. The monoisotopic (exact) mass is 714 g/mol. The third-order valence-corrected chi connectivity index (χ3v) is 10.4. The topological polar surface area (TPSA) is 231 Å². The number of carbonyl (C=O) groups is 3. The van der Waals surface area contributed by atoms with Crippen molar-refractivity contribution in [2.45, 2.75) is 114 Å². The van der Waals surface area contributed by atoms with Crippen molar-refractivity contribution < 1.29 is 44.3 Å². The number of amides is 3. The highest BCUT2D eigenvalue weighted by molar-refractivity contribution is 5.93. The standard InChI is InChI=1S/C36H54N6O9/c1-20(2)14-25(40-33(48)28(43)15-21-6-4-3-5-7-21)34(49)42-26-17-24(51-35-31(46)30(45)29(44)19-50-35)9-8-23(26)16-27(42)32(47)39-12-10-22-11-13-41(18-22)36(37)38/h3-7,11,20,23-31,35,43-46H,8-10,12-19H2,1-2H3,(H3,37,38)(H,39,47)(H,40,48)/t23-,24+,25+,26-,27-,28+,29+,30-,31+,35?/m0/s1. The van der Waals surface area contributed by atoms with E-state index in [1.807, 2.05) is 50.3 Å². The van der Waals surface area contributed by atoms with Gasteiger partial charge in [-0.2, -0.15) is 0 Å². The van der Waals surface area contributed by atoms with E-state index >= 15 is 0 Å². The first kappa shape index (κ1) is 38.6. The third-order valence-electron chi connectivity index (χ3n) is 10.4. The highest BCUT2D eigenvalue weighted by Crippen LogP contribution is 2.42. The number of aliphatic hydroxyl groups is 4.